The number of aromatic nitrogens is 1. The van der Waals surface area contributed by atoms with Crippen molar-refractivity contribution >= 4 is 0 Å². The summed E-state index contributed by atoms with van der Waals surface area (Å²) < 4.78 is 0. The van der Waals surface area contributed by atoms with Crippen molar-refractivity contribution in [3.8, 4) is 17.2 Å². The molecule has 0 spiro atoms. The molecule has 1 aromatic heterocycles. The number of nitriles is 1. The van der Waals surface area contributed by atoms with E-state index in [0.29, 0.717) is 11.6 Å². The van der Waals surface area contributed by atoms with Crippen molar-refractivity contribution in [2.75, 3.05) is 7.05 Å². The molecule has 0 radical (unpaired) electrons. The Balaban J connectivity index is 2.01. The molecule has 0 saturated heterocycles. The quantitative estimate of drug-likeness (QED) is 0.890. The lowest BCUT2D eigenvalue weighted by molar-refractivity contribution is 0.590. The number of nitrogens with zero attached hydrogens (tertiary/aromatic N) is 2. The molecular weight excluding hydrogens is 234 g/mol. The van der Waals surface area contributed by atoms with Gasteiger partial charge in [-0.15, -0.1) is 0 Å². The molecule has 1 aliphatic rings. The molecule has 1 N–H and O–H groups in total. The Morgan fingerprint density at radius 1 is 1.26 bits per heavy atom. The number of pyridine rings is 1. The number of hydrogen-bond donors (Lipinski definition) is 1. The highest BCUT2D eigenvalue weighted by atomic mass is 14.9. The second kappa shape index (κ2) is 4.83. The average molecular weight is 249 g/mol. The smallest absolute Gasteiger partial charge is 0.101 e. The summed E-state index contributed by atoms with van der Waals surface area (Å²) in [5.41, 5.74) is 5.55. The number of hydrogen-bond acceptors (Lipinski definition) is 3. The van der Waals surface area contributed by atoms with E-state index in [0.717, 1.165) is 24.0 Å². The fourth-order valence-corrected chi connectivity index (χ4v) is 2.76. The van der Waals surface area contributed by atoms with Gasteiger partial charge in [-0.25, -0.2) is 0 Å². The molecule has 3 heteroatoms. The summed E-state index contributed by atoms with van der Waals surface area (Å²) in [4.78, 5) is 4.12. The van der Waals surface area contributed by atoms with Gasteiger partial charge in [0.25, 0.3) is 0 Å². The van der Waals surface area contributed by atoms with E-state index in [1.54, 1.807) is 6.20 Å². The van der Waals surface area contributed by atoms with Crippen LogP contribution in [0.15, 0.2) is 36.7 Å². The summed E-state index contributed by atoms with van der Waals surface area (Å²) in [5.74, 6) is 0. The summed E-state index contributed by atoms with van der Waals surface area (Å²) in [6, 6.07) is 11.0. The third-order valence-corrected chi connectivity index (χ3v) is 3.77. The number of benzene rings is 1. The van der Waals surface area contributed by atoms with Gasteiger partial charge < -0.3 is 5.32 Å². The van der Waals surface area contributed by atoms with Gasteiger partial charge >= 0.3 is 0 Å². The van der Waals surface area contributed by atoms with Crippen LogP contribution < -0.4 is 5.32 Å². The predicted molar refractivity (Wildman–Crippen MR) is 74.5 cm³/mol. The molecule has 1 aliphatic carbocycles. The molecule has 3 nitrogen and oxygen atoms in total. The van der Waals surface area contributed by atoms with Crippen LogP contribution in [0.4, 0.5) is 0 Å². The molecular formula is C16H15N3. The zero-order valence-corrected chi connectivity index (χ0v) is 10.9. The molecule has 19 heavy (non-hydrogen) atoms. The number of aryl methyl sites for hydroxylation is 1. The highest BCUT2D eigenvalue weighted by Gasteiger charge is 2.20. The van der Waals surface area contributed by atoms with E-state index < -0.39 is 0 Å². The lowest BCUT2D eigenvalue weighted by atomic mass is 10.00. The SMILES string of the molecule is CNC1CCc2cc(-c3cncc(C#N)c3)ccc21. The Morgan fingerprint density at radius 2 is 2.16 bits per heavy atom. The Kier molecular flexibility index (Phi) is 3.02. The molecule has 0 amide bonds. The van der Waals surface area contributed by atoms with E-state index in [9.17, 15) is 0 Å². The van der Waals surface area contributed by atoms with E-state index in [2.05, 4.69) is 34.6 Å². The maximum absolute atomic E-state index is 8.93. The van der Waals surface area contributed by atoms with Gasteiger partial charge in [0, 0.05) is 24.0 Å². The fourth-order valence-electron chi connectivity index (χ4n) is 2.76. The van der Waals surface area contributed by atoms with Gasteiger partial charge in [-0.2, -0.15) is 5.26 Å². The first kappa shape index (κ1) is 11.9. The molecule has 0 aliphatic heterocycles. The van der Waals surface area contributed by atoms with Crippen molar-refractivity contribution < 1.29 is 0 Å². The van der Waals surface area contributed by atoms with Crippen molar-refractivity contribution in [2.45, 2.75) is 18.9 Å². The Hall–Kier alpha value is -2.18. The van der Waals surface area contributed by atoms with Crippen molar-refractivity contribution in [1.82, 2.24) is 10.3 Å². The maximum Gasteiger partial charge on any atom is 0.101 e. The zero-order valence-electron chi connectivity index (χ0n) is 10.9. The third-order valence-electron chi connectivity index (χ3n) is 3.77. The summed E-state index contributed by atoms with van der Waals surface area (Å²) in [7, 11) is 2.01. The largest absolute Gasteiger partial charge is 0.313 e. The average Bonchev–Trinajstić information content (AvgIpc) is 2.89. The minimum atomic E-state index is 0.479. The molecule has 1 unspecified atom stereocenters. The highest BCUT2D eigenvalue weighted by molar-refractivity contribution is 5.66. The van der Waals surface area contributed by atoms with Crippen molar-refractivity contribution in [1.29, 1.82) is 5.26 Å². The second-order valence-corrected chi connectivity index (χ2v) is 4.87. The van der Waals surface area contributed by atoms with E-state index in [1.807, 2.05) is 19.3 Å². The van der Waals surface area contributed by atoms with Crippen LogP contribution in [0.2, 0.25) is 0 Å². The van der Waals surface area contributed by atoms with Gasteiger partial charge in [0.2, 0.25) is 0 Å². The van der Waals surface area contributed by atoms with Crippen molar-refractivity contribution in [2.24, 2.45) is 0 Å². The predicted octanol–water partition coefficient (Wildman–Crippen LogP) is 2.83. The molecule has 1 aromatic carbocycles. The maximum atomic E-state index is 8.93. The van der Waals surface area contributed by atoms with Gasteiger partial charge in [0.1, 0.15) is 6.07 Å². The molecule has 94 valence electrons. The zero-order chi connectivity index (χ0) is 13.2. The van der Waals surface area contributed by atoms with E-state index in [4.69, 9.17) is 5.26 Å². The minimum absolute atomic E-state index is 0.479. The van der Waals surface area contributed by atoms with Crippen LogP contribution in [-0.2, 0) is 6.42 Å². The minimum Gasteiger partial charge on any atom is -0.313 e. The Bertz CT molecular complexity index is 655. The van der Waals surface area contributed by atoms with Crippen molar-refractivity contribution in [3.63, 3.8) is 0 Å². The highest BCUT2D eigenvalue weighted by Crippen LogP contribution is 2.33. The van der Waals surface area contributed by atoms with E-state index in [1.165, 1.54) is 11.1 Å². The molecule has 0 bridgehead atoms. The van der Waals surface area contributed by atoms with E-state index in [-0.39, 0.29) is 0 Å². The molecule has 3 rings (SSSR count). The fraction of sp³-hybridized carbons (Fsp3) is 0.250. The van der Waals surface area contributed by atoms with Gasteiger partial charge in [-0.05, 0) is 42.6 Å². The van der Waals surface area contributed by atoms with E-state index >= 15 is 0 Å². The van der Waals surface area contributed by atoms with Gasteiger partial charge in [-0.3, -0.25) is 4.98 Å². The number of rotatable bonds is 2. The number of fused-ring (bicyclic) bond motifs is 1. The van der Waals surface area contributed by atoms with Crippen LogP contribution in [0.3, 0.4) is 0 Å². The lowest BCUT2D eigenvalue weighted by Gasteiger charge is -2.10. The Labute approximate surface area is 112 Å². The summed E-state index contributed by atoms with van der Waals surface area (Å²) in [6.07, 6.45) is 5.67. The molecule has 0 fully saturated rings. The first-order valence-electron chi connectivity index (χ1n) is 6.47. The second-order valence-electron chi connectivity index (χ2n) is 4.87. The monoisotopic (exact) mass is 249 g/mol. The standard InChI is InChI=1S/C16H15N3/c1-18-16-5-3-13-7-12(2-4-15(13)16)14-6-11(8-17)9-19-10-14/h2,4,6-7,9-10,16,18H,3,5H2,1H3. The topological polar surface area (TPSA) is 48.7 Å². The van der Waals surface area contributed by atoms with Gasteiger partial charge in [0.05, 0.1) is 5.56 Å². The first-order chi connectivity index (χ1) is 9.31. The van der Waals surface area contributed by atoms with Crippen LogP contribution >= 0.6 is 0 Å². The van der Waals surface area contributed by atoms with Crippen LogP contribution in [0.5, 0.6) is 0 Å². The van der Waals surface area contributed by atoms with Gasteiger partial charge in [0.15, 0.2) is 0 Å². The third kappa shape index (κ3) is 2.11. The normalized spacial score (nSPS) is 16.9. The van der Waals surface area contributed by atoms with Gasteiger partial charge in [-0.1, -0.05) is 18.2 Å². The summed E-state index contributed by atoms with van der Waals surface area (Å²) >= 11 is 0. The van der Waals surface area contributed by atoms with Crippen LogP contribution in [-0.4, -0.2) is 12.0 Å². The molecule has 0 saturated carbocycles. The first-order valence-corrected chi connectivity index (χ1v) is 6.47. The summed E-state index contributed by atoms with van der Waals surface area (Å²) in [6.45, 7) is 0. The van der Waals surface area contributed by atoms with Crippen molar-refractivity contribution in [3.05, 3.63) is 53.3 Å². The lowest BCUT2D eigenvalue weighted by Crippen LogP contribution is -2.12. The summed E-state index contributed by atoms with van der Waals surface area (Å²) in [5, 5.41) is 12.3. The van der Waals surface area contributed by atoms with Crippen LogP contribution in [0.1, 0.15) is 29.2 Å². The van der Waals surface area contributed by atoms with Crippen LogP contribution in [0.25, 0.3) is 11.1 Å². The molecule has 1 atom stereocenters. The Morgan fingerprint density at radius 3 is 2.95 bits per heavy atom. The molecule has 1 heterocycles. The molecule has 2 aromatic rings. The van der Waals surface area contributed by atoms with Crippen LogP contribution in [0, 0.1) is 11.3 Å². The number of nitrogens with one attached hydrogen (secondary N) is 1.